The van der Waals surface area contributed by atoms with Gasteiger partial charge < -0.3 is 19.1 Å². The van der Waals surface area contributed by atoms with E-state index < -0.39 is 0 Å². The van der Waals surface area contributed by atoms with Gasteiger partial charge in [0.05, 0.1) is 25.9 Å². The molecule has 0 saturated carbocycles. The molecule has 1 amide bonds. The zero-order valence-corrected chi connectivity index (χ0v) is 12.2. The van der Waals surface area contributed by atoms with Crippen molar-refractivity contribution in [2.75, 3.05) is 40.0 Å². The first-order valence-electron chi connectivity index (χ1n) is 7.17. The first kappa shape index (κ1) is 14.3. The summed E-state index contributed by atoms with van der Waals surface area (Å²) in [5, 5.41) is 0. The monoisotopic (exact) mass is 292 g/mol. The number of hydrogen-bond donors (Lipinski definition) is 0. The van der Waals surface area contributed by atoms with Crippen LogP contribution in [0.3, 0.4) is 0 Å². The van der Waals surface area contributed by atoms with Gasteiger partial charge in [-0.25, -0.2) is 0 Å². The predicted octanol–water partition coefficient (Wildman–Crippen LogP) is 0.724. The average molecular weight is 292 g/mol. The summed E-state index contributed by atoms with van der Waals surface area (Å²) in [6, 6.07) is 3.75. The number of carbonyl (C=O) groups excluding carboxylic acids is 1. The summed E-state index contributed by atoms with van der Waals surface area (Å²) in [6.07, 6.45) is 4.39. The van der Waals surface area contributed by atoms with Crippen molar-refractivity contribution < 1.29 is 19.0 Å². The first-order chi connectivity index (χ1) is 10.2. The maximum Gasteiger partial charge on any atom is 0.248 e. The quantitative estimate of drug-likeness (QED) is 0.800. The van der Waals surface area contributed by atoms with E-state index in [2.05, 4.69) is 4.98 Å². The van der Waals surface area contributed by atoms with Crippen molar-refractivity contribution in [2.24, 2.45) is 5.92 Å². The van der Waals surface area contributed by atoms with Gasteiger partial charge in [0.15, 0.2) is 0 Å². The Labute approximate surface area is 124 Å². The number of hydrogen-bond acceptors (Lipinski definition) is 5. The SMILES string of the molecule is COCC(=O)N1CC2(C1)OCCC2COc1cccnc1. The molecule has 0 radical (unpaired) electrons. The third-order valence-electron chi connectivity index (χ3n) is 4.22. The second-order valence-electron chi connectivity index (χ2n) is 5.58. The lowest BCUT2D eigenvalue weighted by Crippen LogP contribution is -2.67. The molecule has 1 aromatic heterocycles. The summed E-state index contributed by atoms with van der Waals surface area (Å²) < 4.78 is 16.6. The zero-order chi connectivity index (χ0) is 14.7. The summed E-state index contributed by atoms with van der Waals surface area (Å²) in [4.78, 5) is 17.6. The summed E-state index contributed by atoms with van der Waals surface area (Å²) in [6.45, 7) is 2.73. The van der Waals surface area contributed by atoms with Crippen molar-refractivity contribution in [3.63, 3.8) is 0 Å². The van der Waals surface area contributed by atoms with E-state index in [1.165, 1.54) is 7.11 Å². The Morgan fingerprint density at radius 1 is 1.57 bits per heavy atom. The summed E-state index contributed by atoms with van der Waals surface area (Å²) in [5.41, 5.74) is -0.231. The van der Waals surface area contributed by atoms with Gasteiger partial charge in [0, 0.05) is 25.8 Å². The second-order valence-corrected chi connectivity index (χ2v) is 5.58. The van der Waals surface area contributed by atoms with Crippen LogP contribution in [0.15, 0.2) is 24.5 Å². The molecule has 0 bridgehead atoms. The number of pyridine rings is 1. The van der Waals surface area contributed by atoms with E-state index in [9.17, 15) is 4.79 Å². The molecular weight excluding hydrogens is 272 g/mol. The van der Waals surface area contributed by atoms with Crippen LogP contribution in [0.1, 0.15) is 6.42 Å². The van der Waals surface area contributed by atoms with Gasteiger partial charge >= 0.3 is 0 Å². The van der Waals surface area contributed by atoms with Crippen molar-refractivity contribution in [3.05, 3.63) is 24.5 Å². The maximum absolute atomic E-state index is 11.8. The van der Waals surface area contributed by atoms with Crippen molar-refractivity contribution in [2.45, 2.75) is 12.0 Å². The fraction of sp³-hybridized carbons (Fsp3) is 0.600. The number of carbonyl (C=O) groups is 1. The molecule has 1 aromatic rings. The average Bonchev–Trinajstić information content (AvgIpc) is 2.88. The number of likely N-dealkylation sites (tertiary alicyclic amines) is 1. The van der Waals surface area contributed by atoms with E-state index in [0.29, 0.717) is 25.6 Å². The zero-order valence-electron chi connectivity index (χ0n) is 12.2. The fourth-order valence-corrected chi connectivity index (χ4v) is 2.99. The van der Waals surface area contributed by atoms with Gasteiger partial charge in [-0.1, -0.05) is 0 Å². The molecule has 1 atom stereocenters. The Kier molecular flexibility index (Phi) is 4.07. The van der Waals surface area contributed by atoms with Crippen molar-refractivity contribution >= 4 is 5.91 Å². The van der Waals surface area contributed by atoms with Crippen LogP contribution in [-0.4, -0.2) is 61.4 Å². The van der Waals surface area contributed by atoms with Crippen LogP contribution in [0.25, 0.3) is 0 Å². The number of ether oxygens (including phenoxy) is 3. The molecule has 3 heterocycles. The lowest BCUT2D eigenvalue weighted by Gasteiger charge is -2.50. The van der Waals surface area contributed by atoms with Crippen LogP contribution >= 0.6 is 0 Å². The Balaban J connectivity index is 1.54. The topological polar surface area (TPSA) is 60.9 Å². The molecule has 1 unspecified atom stereocenters. The Morgan fingerprint density at radius 2 is 2.43 bits per heavy atom. The van der Waals surface area contributed by atoms with Crippen molar-refractivity contribution in [3.8, 4) is 5.75 Å². The standard InChI is InChI=1S/C15H20N2O4/c1-19-9-14(18)17-10-15(11-17)12(4-6-21-15)8-20-13-3-2-5-16-7-13/h2-3,5,7,12H,4,6,8-11H2,1H3. The molecule has 2 aliphatic rings. The normalized spacial score (nSPS) is 23.1. The first-order valence-corrected chi connectivity index (χ1v) is 7.17. The molecule has 6 heteroatoms. The highest BCUT2D eigenvalue weighted by Gasteiger charge is 2.54. The highest BCUT2D eigenvalue weighted by Crippen LogP contribution is 2.40. The van der Waals surface area contributed by atoms with Crippen LogP contribution in [0, 0.1) is 5.92 Å². The van der Waals surface area contributed by atoms with E-state index in [1.807, 2.05) is 12.1 Å². The Hall–Kier alpha value is -1.66. The van der Waals surface area contributed by atoms with Crippen LogP contribution in [-0.2, 0) is 14.3 Å². The number of rotatable bonds is 5. The predicted molar refractivity (Wildman–Crippen MR) is 75.0 cm³/mol. The maximum atomic E-state index is 11.8. The molecule has 0 N–H and O–H groups in total. The lowest BCUT2D eigenvalue weighted by molar-refractivity contribution is -0.169. The fourth-order valence-electron chi connectivity index (χ4n) is 2.99. The third-order valence-corrected chi connectivity index (χ3v) is 4.22. The molecule has 2 aliphatic heterocycles. The van der Waals surface area contributed by atoms with Crippen LogP contribution in [0.2, 0.25) is 0 Å². The minimum Gasteiger partial charge on any atom is -0.492 e. The van der Waals surface area contributed by atoms with Crippen molar-refractivity contribution in [1.29, 1.82) is 0 Å². The largest absolute Gasteiger partial charge is 0.492 e. The molecule has 21 heavy (non-hydrogen) atoms. The Bertz CT molecular complexity index is 488. The van der Waals surface area contributed by atoms with Gasteiger partial charge in [0.1, 0.15) is 18.0 Å². The molecule has 1 spiro atoms. The number of aromatic nitrogens is 1. The Morgan fingerprint density at radius 3 is 3.14 bits per heavy atom. The van der Waals surface area contributed by atoms with Gasteiger partial charge in [0.25, 0.3) is 0 Å². The van der Waals surface area contributed by atoms with Gasteiger partial charge in [-0.15, -0.1) is 0 Å². The summed E-state index contributed by atoms with van der Waals surface area (Å²) in [7, 11) is 1.53. The molecule has 2 fully saturated rings. The molecule has 6 nitrogen and oxygen atoms in total. The van der Waals surface area contributed by atoms with Gasteiger partial charge in [-0.05, 0) is 18.6 Å². The second kappa shape index (κ2) is 5.99. The number of methoxy groups -OCH3 is 1. The van der Waals surface area contributed by atoms with Crippen LogP contribution in [0.5, 0.6) is 5.75 Å². The van der Waals surface area contributed by atoms with Crippen LogP contribution in [0.4, 0.5) is 0 Å². The molecule has 114 valence electrons. The van der Waals surface area contributed by atoms with Crippen LogP contribution < -0.4 is 4.74 Å². The van der Waals surface area contributed by atoms with E-state index in [1.54, 1.807) is 17.3 Å². The minimum atomic E-state index is -0.231. The van der Waals surface area contributed by atoms with Gasteiger partial charge in [-0.3, -0.25) is 9.78 Å². The highest BCUT2D eigenvalue weighted by atomic mass is 16.5. The van der Waals surface area contributed by atoms with Crippen molar-refractivity contribution in [1.82, 2.24) is 9.88 Å². The summed E-state index contributed by atoms with van der Waals surface area (Å²) >= 11 is 0. The van der Waals surface area contributed by atoms with E-state index in [4.69, 9.17) is 14.2 Å². The van der Waals surface area contributed by atoms with E-state index in [-0.39, 0.29) is 18.1 Å². The number of nitrogens with zero attached hydrogens (tertiary/aromatic N) is 2. The lowest BCUT2D eigenvalue weighted by atomic mass is 9.81. The third kappa shape index (κ3) is 2.87. The summed E-state index contributed by atoms with van der Waals surface area (Å²) in [5.74, 6) is 1.10. The van der Waals surface area contributed by atoms with Gasteiger partial charge in [-0.2, -0.15) is 0 Å². The smallest absolute Gasteiger partial charge is 0.248 e. The highest BCUT2D eigenvalue weighted by molar-refractivity contribution is 5.78. The molecular formula is C15H20N2O4. The molecule has 2 saturated heterocycles. The molecule has 3 rings (SSSR count). The molecule has 0 aliphatic carbocycles. The van der Waals surface area contributed by atoms with Gasteiger partial charge in [0.2, 0.25) is 5.91 Å². The molecule has 0 aromatic carbocycles. The van der Waals surface area contributed by atoms with E-state index in [0.717, 1.165) is 18.8 Å². The number of amides is 1. The minimum absolute atomic E-state index is 0.0190. The van der Waals surface area contributed by atoms with E-state index >= 15 is 0 Å².